The topological polar surface area (TPSA) is 70.5 Å². The summed E-state index contributed by atoms with van der Waals surface area (Å²) < 4.78 is 0.956. The van der Waals surface area contributed by atoms with Crippen LogP contribution in [0.3, 0.4) is 0 Å². The molecule has 1 fully saturated rings. The third kappa shape index (κ3) is 3.70. The Kier molecular flexibility index (Phi) is 5.54. The van der Waals surface area contributed by atoms with Crippen LogP contribution in [-0.2, 0) is 16.0 Å². The Hall–Kier alpha value is -3.77. The van der Waals surface area contributed by atoms with Crippen LogP contribution in [0, 0.1) is 13.8 Å². The molecule has 1 unspecified atom stereocenters. The number of Topliss-reactive ketones (excluding diaryl/α,β-unsaturated/α-hetero) is 1. The molecule has 34 heavy (non-hydrogen) atoms. The van der Waals surface area contributed by atoms with Crippen molar-refractivity contribution < 1.29 is 14.7 Å². The van der Waals surface area contributed by atoms with Gasteiger partial charge in [0.15, 0.2) is 5.13 Å². The Morgan fingerprint density at radius 3 is 2.47 bits per heavy atom. The van der Waals surface area contributed by atoms with E-state index < -0.39 is 17.7 Å². The molecule has 1 N–H and O–H groups in total. The lowest BCUT2D eigenvalue weighted by atomic mass is 9.94. The number of aromatic nitrogens is 1. The number of carbonyl (C=O) groups is 2. The number of nitrogens with zero attached hydrogens (tertiary/aromatic N) is 2. The number of anilines is 1. The minimum Gasteiger partial charge on any atom is -0.507 e. The van der Waals surface area contributed by atoms with Crippen molar-refractivity contribution in [1.82, 2.24) is 4.98 Å². The Balaban J connectivity index is 1.72. The first kappa shape index (κ1) is 22.0. The number of hydrogen-bond acceptors (Lipinski definition) is 5. The van der Waals surface area contributed by atoms with E-state index in [1.807, 2.05) is 62.4 Å². The van der Waals surface area contributed by atoms with E-state index in [2.05, 4.69) is 13.0 Å². The van der Waals surface area contributed by atoms with Crippen molar-refractivity contribution >= 4 is 44.1 Å². The van der Waals surface area contributed by atoms with Crippen LogP contribution in [0.4, 0.5) is 5.13 Å². The first-order valence-electron chi connectivity index (χ1n) is 11.2. The van der Waals surface area contributed by atoms with Gasteiger partial charge in [-0.15, -0.1) is 0 Å². The van der Waals surface area contributed by atoms with Gasteiger partial charge in [0.05, 0.1) is 21.8 Å². The van der Waals surface area contributed by atoms with Crippen molar-refractivity contribution in [2.24, 2.45) is 0 Å². The van der Waals surface area contributed by atoms with E-state index in [0.29, 0.717) is 10.7 Å². The summed E-state index contributed by atoms with van der Waals surface area (Å²) in [6, 6.07) is 20.2. The molecule has 1 saturated heterocycles. The molecule has 3 aromatic carbocycles. The van der Waals surface area contributed by atoms with Crippen molar-refractivity contribution in [3.05, 3.63) is 100 Å². The van der Waals surface area contributed by atoms with Crippen LogP contribution in [0.25, 0.3) is 16.0 Å². The number of thiazole rings is 1. The molecule has 0 spiro atoms. The SMILES string of the molecule is CCc1ccc2nc(N3C(=O)C(=O)/C(=C(/O)c4ccc(C)cc4)C3c3cccc(C)c3)sc2c1. The number of rotatable bonds is 4. The maximum Gasteiger partial charge on any atom is 0.301 e. The predicted octanol–water partition coefficient (Wildman–Crippen LogP) is 6.10. The summed E-state index contributed by atoms with van der Waals surface area (Å²) in [5, 5.41) is 11.7. The number of fused-ring (bicyclic) bond motifs is 1. The summed E-state index contributed by atoms with van der Waals surface area (Å²) in [4.78, 5) is 32.8. The lowest BCUT2D eigenvalue weighted by molar-refractivity contribution is -0.132. The van der Waals surface area contributed by atoms with E-state index in [1.54, 1.807) is 12.1 Å². The normalized spacial score (nSPS) is 17.6. The Morgan fingerprint density at radius 1 is 1.00 bits per heavy atom. The van der Waals surface area contributed by atoms with Crippen LogP contribution >= 0.6 is 11.3 Å². The fraction of sp³-hybridized carbons (Fsp3) is 0.179. The minimum atomic E-state index is -0.771. The van der Waals surface area contributed by atoms with Crippen LogP contribution in [0.5, 0.6) is 0 Å². The quantitative estimate of drug-likeness (QED) is 0.223. The Labute approximate surface area is 202 Å². The highest BCUT2D eigenvalue weighted by Gasteiger charge is 2.48. The zero-order valence-electron chi connectivity index (χ0n) is 19.2. The summed E-state index contributed by atoms with van der Waals surface area (Å²) in [5.41, 5.74) is 5.32. The highest BCUT2D eigenvalue weighted by molar-refractivity contribution is 7.22. The van der Waals surface area contributed by atoms with E-state index in [4.69, 9.17) is 4.98 Å². The maximum atomic E-state index is 13.4. The number of carbonyl (C=O) groups excluding carboxylic acids is 2. The number of aliphatic hydroxyl groups is 1. The van der Waals surface area contributed by atoms with Gasteiger partial charge in [-0.3, -0.25) is 14.5 Å². The number of benzene rings is 3. The molecule has 1 aliphatic rings. The predicted molar refractivity (Wildman–Crippen MR) is 136 cm³/mol. The minimum absolute atomic E-state index is 0.0768. The molecule has 5 nitrogen and oxygen atoms in total. The third-order valence-electron chi connectivity index (χ3n) is 6.18. The zero-order valence-corrected chi connectivity index (χ0v) is 20.0. The average Bonchev–Trinajstić information content (AvgIpc) is 3.36. The molecule has 0 saturated carbocycles. The summed E-state index contributed by atoms with van der Waals surface area (Å²) in [6.07, 6.45) is 0.896. The van der Waals surface area contributed by atoms with Gasteiger partial charge in [0.1, 0.15) is 5.76 Å². The number of ketones is 1. The Morgan fingerprint density at radius 2 is 1.76 bits per heavy atom. The van der Waals surface area contributed by atoms with Gasteiger partial charge in [-0.2, -0.15) is 0 Å². The molecule has 5 rings (SSSR count). The van der Waals surface area contributed by atoms with Gasteiger partial charge in [-0.25, -0.2) is 4.98 Å². The first-order valence-corrected chi connectivity index (χ1v) is 12.0. The molecule has 170 valence electrons. The van der Waals surface area contributed by atoms with E-state index >= 15 is 0 Å². The van der Waals surface area contributed by atoms with Crippen molar-refractivity contribution in [3.8, 4) is 0 Å². The second-order valence-electron chi connectivity index (χ2n) is 8.60. The molecule has 0 aliphatic carbocycles. The van der Waals surface area contributed by atoms with Gasteiger partial charge in [0.2, 0.25) is 0 Å². The van der Waals surface area contributed by atoms with Crippen molar-refractivity contribution in [2.45, 2.75) is 33.2 Å². The molecular weight excluding hydrogens is 444 g/mol. The van der Waals surface area contributed by atoms with Crippen molar-refractivity contribution in [1.29, 1.82) is 0 Å². The fourth-order valence-corrected chi connectivity index (χ4v) is 5.39. The molecule has 0 bridgehead atoms. The molecular formula is C28H24N2O3S. The lowest BCUT2D eigenvalue weighted by Crippen LogP contribution is -2.29. The number of hydrogen-bond donors (Lipinski definition) is 1. The molecule has 1 aromatic heterocycles. The molecule has 2 heterocycles. The number of aliphatic hydroxyl groups excluding tert-OH is 1. The monoisotopic (exact) mass is 468 g/mol. The van der Waals surface area contributed by atoms with E-state index in [-0.39, 0.29) is 11.3 Å². The Bertz CT molecular complexity index is 1470. The smallest absolute Gasteiger partial charge is 0.301 e. The van der Waals surface area contributed by atoms with Crippen LogP contribution in [-0.4, -0.2) is 21.8 Å². The lowest BCUT2D eigenvalue weighted by Gasteiger charge is -2.23. The van der Waals surface area contributed by atoms with E-state index in [9.17, 15) is 14.7 Å². The van der Waals surface area contributed by atoms with Crippen LogP contribution in [0.2, 0.25) is 0 Å². The fourth-order valence-electron chi connectivity index (χ4n) is 4.33. The molecule has 6 heteroatoms. The summed E-state index contributed by atoms with van der Waals surface area (Å²) in [6.45, 7) is 6.00. The first-order chi connectivity index (χ1) is 16.4. The molecule has 1 atom stereocenters. The average molecular weight is 469 g/mol. The zero-order chi connectivity index (χ0) is 24.0. The van der Waals surface area contributed by atoms with E-state index in [0.717, 1.165) is 33.3 Å². The van der Waals surface area contributed by atoms with Gasteiger partial charge in [0.25, 0.3) is 5.78 Å². The van der Waals surface area contributed by atoms with E-state index in [1.165, 1.54) is 21.8 Å². The summed E-state index contributed by atoms with van der Waals surface area (Å²) in [7, 11) is 0. The molecule has 4 aromatic rings. The standard InChI is InChI=1S/C28H24N2O3S/c1-4-18-10-13-21-22(15-18)34-28(29-21)30-24(20-7-5-6-17(3)14-20)23(26(32)27(30)33)25(31)19-11-8-16(2)9-12-19/h5-15,24,31H,4H2,1-3H3/b25-23+. The summed E-state index contributed by atoms with van der Waals surface area (Å²) in [5.74, 6) is -1.57. The van der Waals surface area contributed by atoms with Crippen molar-refractivity contribution in [3.63, 3.8) is 0 Å². The number of amides is 1. The molecule has 0 radical (unpaired) electrons. The number of aryl methyl sites for hydroxylation is 3. The second kappa shape index (κ2) is 8.54. The van der Waals surface area contributed by atoms with Crippen LogP contribution in [0.1, 0.15) is 40.8 Å². The third-order valence-corrected chi connectivity index (χ3v) is 7.20. The van der Waals surface area contributed by atoms with Gasteiger partial charge in [-0.05, 0) is 43.5 Å². The second-order valence-corrected chi connectivity index (χ2v) is 9.61. The highest BCUT2D eigenvalue weighted by atomic mass is 32.1. The van der Waals surface area contributed by atoms with Gasteiger partial charge in [0, 0.05) is 5.56 Å². The highest BCUT2D eigenvalue weighted by Crippen LogP contribution is 2.44. The van der Waals surface area contributed by atoms with Gasteiger partial charge < -0.3 is 5.11 Å². The molecule has 1 aliphatic heterocycles. The van der Waals surface area contributed by atoms with Gasteiger partial charge in [-0.1, -0.05) is 84.0 Å². The largest absolute Gasteiger partial charge is 0.507 e. The van der Waals surface area contributed by atoms with Crippen LogP contribution < -0.4 is 4.90 Å². The van der Waals surface area contributed by atoms with Crippen molar-refractivity contribution in [2.75, 3.05) is 4.90 Å². The maximum absolute atomic E-state index is 13.4. The summed E-state index contributed by atoms with van der Waals surface area (Å²) >= 11 is 1.38. The van der Waals surface area contributed by atoms with Gasteiger partial charge >= 0.3 is 5.91 Å². The van der Waals surface area contributed by atoms with Crippen LogP contribution in [0.15, 0.2) is 72.3 Å². The molecule has 1 amide bonds.